The summed E-state index contributed by atoms with van der Waals surface area (Å²) in [4.78, 5) is 12.7. The number of carbonyl (C=O) groups excluding carboxylic acids is 1. The molecule has 0 bridgehead atoms. The van der Waals surface area contributed by atoms with E-state index in [-0.39, 0.29) is 11.2 Å². The first-order valence-electron chi connectivity index (χ1n) is 9.36. The number of allylic oxidation sites excluding steroid dienone is 1. The summed E-state index contributed by atoms with van der Waals surface area (Å²) in [6, 6.07) is 14.8. The number of anilines is 1. The van der Waals surface area contributed by atoms with Crippen LogP contribution in [-0.4, -0.2) is 40.1 Å². The minimum absolute atomic E-state index is 0.128. The molecule has 0 fully saturated rings. The average molecular weight is 425 g/mol. The smallest absolute Gasteiger partial charge is 0.237 e. The van der Waals surface area contributed by atoms with Gasteiger partial charge in [0.15, 0.2) is 11.0 Å². The summed E-state index contributed by atoms with van der Waals surface area (Å²) in [5, 5.41) is 11.8. The van der Waals surface area contributed by atoms with Crippen molar-refractivity contribution >= 4 is 23.4 Å². The van der Waals surface area contributed by atoms with Gasteiger partial charge < -0.3 is 14.8 Å². The number of benzene rings is 2. The van der Waals surface area contributed by atoms with Gasteiger partial charge in [-0.1, -0.05) is 30.0 Å². The Morgan fingerprint density at radius 3 is 2.57 bits per heavy atom. The molecule has 8 heteroatoms. The molecule has 1 N–H and O–H groups in total. The Labute approximate surface area is 180 Å². The van der Waals surface area contributed by atoms with E-state index in [2.05, 4.69) is 22.1 Å². The molecule has 0 aliphatic heterocycles. The molecule has 1 aromatic heterocycles. The van der Waals surface area contributed by atoms with Gasteiger partial charge >= 0.3 is 0 Å². The van der Waals surface area contributed by atoms with Crippen molar-refractivity contribution in [3.05, 3.63) is 61.2 Å². The molecule has 0 radical (unpaired) electrons. The zero-order chi connectivity index (χ0) is 21.5. The fraction of sp³-hybridized carbons (Fsp3) is 0.227. The average Bonchev–Trinajstić information content (AvgIpc) is 3.16. The second-order valence-corrected chi connectivity index (χ2v) is 7.69. The lowest BCUT2D eigenvalue weighted by Gasteiger charge is -2.14. The molecular weight excluding hydrogens is 400 g/mol. The van der Waals surface area contributed by atoms with Crippen LogP contribution in [0.2, 0.25) is 0 Å². The highest BCUT2D eigenvalue weighted by Gasteiger charge is 2.22. The lowest BCUT2D eigenvalue weighted by molar-refractivity contribution is -0.115. The van der Waals surface area contributed by atoms with Gasteiger partial charge in [-0.2, -0.15) is 0 Å². The molecule has 0 aliphatic rings. The van der Waals surface area contributed by atoms with Gasteiger partial charge in [0, 0.05) is 12.2 Å². The van der Waals surface area contributed by atoms with Crippen molar-refractivity contribution in [2.24, 2.45) is 0 Å². The first kappa shape index (κ1) is 21.4. The number of nitrogens with one attached hydrogen (secondary N) is 1. The number of amides is 1. The molecule has 3 aromatic rings. The maximum atomic E-state index is 12.7. The molecule has 1 atom stereocenters. The highest BCUT2D eigenvalue weighted by molar-refractivity contribution is 8.00. The lowest BCUT2D eigenvalue weighted by Crippen LogP contribution is -2.23. The summed E-state index contributed by atoms with van der Waals surface area (Å²) in [5.74, 6) is 1.98. The Hall–Kier alpha value is -3.26. The second-order valence-electron chi connectivity index (χ2n) is 6.38. The van der Waals surface area contributed by atoms with Crippen LogP contribution in [0.3, 0.4) is 0 Å². The first-order valence-corrected chi connectivity index (χ1v) is 10.2. The quantitative estimate of drug-likeness (QED) is 0.408. The number of para-hydroxylation sites is 1. The van der Waals surface area contributed by atoms with Gasteiger partial charge in [0.2, 0.25) is 5.91 Å². The van der Waals surface area contributed by atoms with Crippen LogP contribution in [0.25, 0.3) is 11.4 Å². The Balaban J connectivity index is 1.79. The minimum Gasteiger partial charge on any atom is -0.497 e. The van der Waals surface area contributed by atoms with E-state index in [9.17, 15) is 4.79 Å². The van der Waals surface area contributed by atoms with E-state index in [1.54, 1.807) is 44.6 Å². The van der Waals surface area contributed by atoms with Crippen molar-refractivity contribution in [1.82, 2.24) is 14.8 Å². The van der Waals surface area contributed by atoms with Crippen molar-refractivity contribution in [2.45, 2.75) is 23.9 Å². The zero-order valence-corrected chi connectivity index (χ0v) is 18.0. The normalized spacial score (nSPS) is 11.6. The summed E-state index contributed by atoms with van der Waals surface area (Å²) in [7, 11) is 3.22. The number of nitrogens with zero attached hydrogens (tertiary/aromatic N) is 3. The van der Waals surface area contributed by atoms with E-state index < -0.39 is 0 Å². The van der Waals surface area contributed by atoms with E-state index in [0.29, 0.717) is 29.0 Å². The number of ether oxygens (including phenoxy) is 2. The fourth-order valence-corrected chi connectivity index (χ4v) is 3.69. The van der Waals surface area contributed by atoms with Crippen molar-refractivity contribution < 1.29 is 14.3 Å². The van der Waals surface area contributed by atoms with Crippen LogP contribution in [0.1, 0.15) is 6.92 Å². The van der Waals surface area contributed by atoms with Gasteiger partial charge in [-0.25, -0.2) is 0 Å². The SMILES string of the molecule is C=CCn1c(SC(C)C(=O)Nc2ccc(OC)cc2)nnc1-c1ccccc1OC. The van der Waals surface area contributed by atoms with Crippen molar-refractivity contribution in [2.75, 3.05) is 19.5 Å². The fourth-order valence-electron chi connectivity index (χ4n) is 2.83. The molecule has 0 spiro atoms. The summed E-state index contributed by atoms with van der Waals surface area (Å²) in [5.41, 5.74) is 1.53. The molecule has 2 aromatic carbocycles. The summed E-state index contributed by atoms with van der Waals surface area (Å²) in [6.45, 7) is 6.17. The Morgan fingerprint density at radius 2 is 1.90 bits per heavy atom. The largest absolute Gasteiger partial charge is 0.497 e. The van der Waals surface area contributed by atoms with Crippen LogP contribution in [-0.2, 0) is 11.3 Å². The Morgan fingerprint density at radius 1 is 1.17 bits per heavy atom. The summed E-state index contributed by atoms with van der Waals surface area (Å²) < 4.78 is 12.5. The lowest BCUT2D eigenvalue weighted by atomic mass is 10.2. The first-order chi connectivity index (χ1) is 14.6. The Bertz CT molecular complexity index is 1020. The van der Waals surface area contributed by atoms with Crippen molar-refractivity contribution in [3.63, 3.8) is 0 Å². The molecule has 30 heavy (non-hydrogen) atoms. The van der Waals surface area contributed by atoms with Crippen LogP contribution in [0.4, 0.5) is 5.69 Å². The molecule has 0 saturated heterocycles. The summed E-state index contributed by atoms with van der Waals surface area (Å²) in [6.07, 6.45) is 1.77. The predicted octanol–water partition coefficient (Wildman–Crippen LogP) is 4.27. The van der Waals surface area contributed by atoms with Crippen LogP contribution < -0.4 is 14.8 Å². The molecular formula is C22H24N4O3S. The number of methoxy groups -OCH3 is 2. The Kier molecular flexibility index (Phi) is 7.13. The van der Waals surface area contributed by atoms with E-state index >= 15 is 0 Å². The number of hydrogen-bond acceptors (Lipinski definition) is 6. The zero-order valence-electron chi connectivity index (χ0n) is 17.2. The van der Waals surface area contributed by atoms with E-state index in [4.69, 9.17) is 9.47 Å². The highest BCUT2D eigenvalue weighted by atomic mass is 32.2. The van der Waals surface area contributed by atoms with E-state index in [1.807, 2.05) is 35.8 Å². The van der Waals surface area contributed by atoms with Gasteiger partial charge in [0.25, 0.3) is 0 Å². The maximum Gasteiger partial charge on any atom is 0.237 e. The van der Waals surface area contributed by atoms with Gasteiger partial charge in [0.05, 0.1) is 25.0 Å². The molecule has 1 heterocycles. The highest BCUT2D eigenvalue weighted by Crippen LogP contribution is 2.32. The van der Waals surface area contributed by atoms with Crippen LogP contribution in [0, 0.1) is 0 Å². The number of thioether (sulfide) groups is 1. The van der Waals surface area contributed by atoms with E-state index in [1.165, 1.54) is 11.8 Å². The molecule has 1 amide bonds. The molecule has 0 saturated carbocycles. The molecule has 156 valence electrons. The summed E-state index contributed by atoms with van der Waals surface area (Å²) >= 11 is 1.34. The van der Waals surface area contributed by atoms with Crippen LogP contribution in [0.5, 0.6) is 11.5 Å². The third kappa shape index (κ3) is 4.83. The maximum absolute atomic E-state index is 12.7. The molecule has 1 unspecified atom stereocenters. The number of aromatic nitrogens is 3. The van der Waals surface area contributed by atoms with Gasteiger partial charge in [-0.3, -0.25) is 9.36 Å². The molecule has 7 nitrogen and oxygen atoms in total. The van der Waals surface area contributed by atoms with Crippen LogP contribution in [0.15, 0.2) is 66.3 Å². The van der Waals surface area contributed by atoms with Crippen molar-refractivity contribution in [1.29, 1.82) is 0 Å². The van der Waals surface area contributed by atoms with E-state index in [0.717, 1.165) is 11.3 Å². The monoisotopic (exact) mass is 424 g/mol. The van der Waals surface area contributed by atoms with Gasteiger partial charge in [-0.05, 0) is 43.3 Å². The molecule has 0 aliphatic carbocycles. The molecule has 3 rings (SSSR count). The third-order valence-electron chi connectivity index (χ3n) is 4.39. The number of hydrogen-bond donors (Lipinski definition) is 1. The minimum atomic E-state index is -0.384. The van der Waals surface area contributed by atoms with Crippen molar-refractivity contribution in [3.8, 4) is 22.9 Å². The van der Waals surface area contributed by atoms with Gasteiger partial charge in [-0.15, -0.1) is 16.8 Å². The number of rotatable bonds is 9. The van der Waals surface area contributed by atoms with Gasteiger partial charge in [0.1, 0.15) is 11.5 Å². The topological polar surface area (TPSA) is 78.3 Å². The third-order valence-corrected chi connectivity index (χ3v) is 5.47. The standard InChI is InChI=1S/C22H24N4O3S/c1-5-14-26-20(18-8-6-7-9-19(18)29-4)24-25-22(26)30-15(2)21(27)23-16-10-12-17(28-3)13-11-16/h5-13,15H,1,14H2,2-4H3,(H,23,27). The number of carbonyl (C=O) groups is 1. The predicted molar refractivity (Wildman–Crippen MR) is 119 cm³/mol. The second kappa shape index (κ2) is 9.98. The van der Waals surface area contributed by atoms with Crippen LogP contribution >= 0.6 is 11.8 Å².